The van der Waals surface area contributed by atoms with Gasteiger partial charge in [0.2, 0.25) is 5.91 Å². The van der Waals surface area contributed by atoms with Crippen LogP contribution in [0.2, 0.25) is 0 Å². The second kappa shape index (κ2) is 9.51. The predicted molar refractivity (Wildman–Crippen MR) is 106 cm³/mol. The first-order valence-electron chi connectivity index (χ1n) is 9.80. The SMILES string of the molecule is CCCCC1CN(CC(=O)NCc2cccc(C)n2)Cc2ccccc2O1. The van der Waals surface area contributed by atoms with Crippen LogP contribution in [0.4, 0.5) is 0 Å². The van der Waals surface area contributed by atoms with E-state index in [1.165, 1.54) is 0 Å². The Morgan fingerprint density at radius 3 is 2.93 bits per heavy atom. The van der Waals surface area contributed by atoms with Crippen LogP contribution in [0.5, 0.6) is 5.75 Å². The van der Waals surface area contributed by atoms with E-state index < -0.39 is 0 Å². The summed E-state index contributed by atoms with van der Waals surface area (Å²) in [7, 11) is 0. The van der Waals surface area contributed by atoms with Crippen LogP contribution >= 0.6 is 0 Å². The summed E-state index contributed by atoms with van der Waals surface area (Å²) in [5.41, 5.74) is 2.99. The van der Waals surface area contributed by atoms with Gasteiger partial charge < -0.3 is 10.1 Å². The third kappa shape index (κ3) is 5.79. The summed E-state index contributed by atoms with van der Waals surface area (Å²) >= 11 is 0. The number of ether oxygens (including phenoxy) is 1. The number of pyridine rings is 1. The molecule has 0 radical (unpaired) electrons. The number of amides is 1. The van der Waals surface area contributed by atoms with Crippen molar-refractivity contribution < 1.29 is 9.53 Å². The van der Waals surface area contributed by atoms with Crippen LogP contribution in [0.25, 0.3) is 0 Å². The first-order chi connectivity index (χ1) is 13.1. The molecule has 0 saturated carbocycles. The van der Waals surface area contributed by atoms with Gasteiger partial charge in [0.25, 0.3) is 0 Å². The number of carbonyl (C=O) groups excluding carboxylic acids is 1. The summed E-state index contributed by atoms with van der Waals surface area (Å²) in [6.45, 7) is 6.47. The van der Waals surface area contributed by atoms with Crippen molar-refractivity contribution in [3.8, 4) is 5.75 Å². The molecule has 1 aliphatic rings. The number of fused-ring (bicyclic) bond motifs is 1. The number of hydrogen-bond acceptors (Lipinski definition) is 4. The monoisotopic (exact) mass is 367 g/mol. The van der Waals surface area contributed by atoms with E-state index in [4.69, 9.17) is 4.74 Å². The first-order valence-corrected chi connectivity index (χ1v) is 9.80. The quantitative estimate of drug-likeness (QED) is 0.814. The highest BCUT2D eigenvalue weighted by Gasteiger charge is 2.23. The highest BCUT2D eigenvalue weighted by molar-refractivity contribution is 5.78. The van der Waals surface area contributed by atoms with E-state index in [2.05, 4.69) is 28.2 Å². The summed E-state index contributed by atoms with van der Waals surface area (Å²) in [5, 5.41) is 2.99. The minimum atomic E-state index is 0.0203. The smallest absolute Gasteiger partial charge is 0.234 e. The summed E-state index contributed by atoms with van der Waals surface area (Å²) in [4.78, 5) is 19.1. The van der Waals surface area contributed by atoms with Crippen molar-refractivity contribution >= 4 is 5.91 Å². The molecule has 1 aromatic heterocycles. The summed E-state index contributed by atoms with van der Waals surface area (Å²) in [5.74, 6) is 0.970. The number of unbranched alkanes of at least 4 members (excludes halogenated alkanes) is 1. The lowest BCUT2D eigenvalue weighted by molar-refractivity contribution is -0.122. The molecule has 1 aromatic carbocycles. The van der Waals surface area contributed by atoms with E-state index in [1.807, 2.05) is 43.3 Å². The first kappa shape index (κ1) is 19.4. The van der Waals surface area contributed by atoms with Gasteiger partial charge in [0, 0.05) is 24.3 Å². The average molecular weight is 367 g/mol. The van der Waals surface area contributed by atoms with Gasteiger partial charge in [-0.1, -0.05) is 37.6 Å². The van der Waals surface area contributed by atoms with Gasteiger partial charge in [-0.2, -0.15) is 0 Å². The fraction of sp³-hybridized carbons (Fsp3) is 0.455. The lowest BCUT2D eigenvalue weighted by Gasteiger charge is -2.23. The van der Waals surface area contributed by atoms with Gasteiger partial charge in [-0.05, 0) is 38.0 Å². The molecule has 1 atom stereocenters. The molecule has 2 aromatic rings. The molecule has 0 aliphatic carbocycles. The maximum absolute atomic E-state index is 12.5. The lowest BCUT2D eigenvalue weighted by Crippen LogP contribution is -2.40. The van der Waals surface area contributed by atoms with Crippen LogP contribution in [-0.2, 0) is 17.9 Å². The van der Waals surface area contributed by atoms with Gasteiger partial charge in [-0.25, -0.2) is 0 Å². The Hall–Kier alpha value is -2.40. The Bertz CT molecular complexity index is 763. The Kier molecular flexibility index (Phi) is 6.82. The van der Waals surface area contributed by atoms with E-state index in [9.17, 15) is 4.79 Å². The number of nitrogens with one attached hydrogen (secondary N) is 1. The Morgan fingerprint density at radius 2 is 2.11 bits per heavy atom. The molecule has 3 rings (SSSR count). The fourth-order valence-corrected chi connectivity index (χ4v) is 3.41. The number of para-hydroxylation sites is 1. The molecule has 1 unspecified atom stereocenters. The van der Waals surface area contributed by atoms with E-state index in [0.29, 0.717) is 13.1 Å². The van der Waals surface area contributed by atoms with E-state index in [0.717, 1.165) is 55.1 Å². The predicted octanol–water partition coefficient (Wildman–Crippen LogP) is 3.46. The van der Waals surface area contributed by atoms with Gasteiger partial charge >= 0.3 is 0 Å². The largest absolute Gasteiger partial charge is 0.489 e. The summed E-state index contributed by atoms with van der Waals surface area (Å²) < 4.78 is 6.23. The molecule has 5 heteroatoms. The molecule has 0 saturated heterocycles. The van der Waals surface area contributed by atoms with E-state index >= 15 is 0 Å². The van der Waals surface area contributed by atoms with Crippen LogP contribution < -0.4 is 10.1 Å². The molecule has 2 heterocycles. The van der Waals surface area contributed by atoms with Crippen LogP contribution in [0.15, 0.2) is 42.5 Å². The molecule has 0 spiro atoms. The van der Waals surface area contributed by atoms with E-state index in [-0.39, 0.29) is 12.0 Å². The Labute approximate surface area is 161 Å². The topological polar surface area (TPSA) is 54.5 Å². The van der Waals surface area contributed by atoms with Crippen LogP contribution in [0, 0.1) is 6.92 Å². The lowest BCUT2D eigenvalue weighted by atomic mass is 10.1. The summed E-state index contributed by atoms with van der Waals surface area (Å²) in [6.07, 6.45) is 3.41. The number of benzene rings is 1. The van der Waals surface area contributed by atoms with Gasteiger partial charge in [-0.3, -0.25) is 14.7 Å². The van der Waals surface area contributed by atoms with E-state index in [1.54, 1.807) is 0 Å². The number of rotatable bonds is 7. The molecular weight excluding hydrogens is 338 g/mol. The molecule has 1 N–H and O–H groups in total. The number of aryl methyl sites for hydroxylation is 1. The van der Waals surface area contributed by atoms with Gasteiger partial charge in [-0.15, -0.1) is 0 Å². The Balaban J connectivity index is 1.61. The molecule has 5 nitrogen and oxygen atoms in total. The molecule has 27 heavy (non-hydrogen) atoms. The number of hydrogen-bond donors (Lipinski definition) is 1. The van der Waals surface area contributed by atoms with Crippen molar-refractivity contribution in [2.45, 2.75) is 52.3 Å². The highest BCUT2D eigenvalue weighted by Crippen LogP contribution is 2.26. The zero-order valence-electron chi connectivity index (χ0n) is 16.3. The number of carbonyl (C=O) groups is 1. The fourth-order valence-electron chi connectivity index (χ4n) is 3.41. The van der Waals surface area contributed by atoms with Gasteiger partial charge in [0.15, 0.2) is 0 Å². The maximum atomic E-state index is 12.5. The van der Waals surface area contributed by atoms with Crippen molar-refractivity contribution in [3.63, 3.8) is 0 Å². The van der Waals surface area contributed by atoms with Crippen LogP contribution in [0.3, 0.4) is 0 Å². The Morgan fingerprint density at radius 1 is 1.26 bits per heavy atom. The van der Waals surface area contributed by atoms with Crippen molar-refractivity contribution in [1.82, 2.24) is 15.2 Å². The highest BCUT2D eigenvalue weighted by atomic mass is 16.5. The van der Waals surface area contributed by atoms with Crippen molar-refractivity contribution in [2.24, 2.45) is 0 Å². The maximum Gasteiger partial charge on any atom is 0.234 e. The third-order valence-corrected chi connectivity index (χ3v) is 4.78. The number of aromatic nitrogens is 1. The van der Waals surface area contributed by atoms with Crippen molar-refractivity contribution in [3.05, 3.63) is 59.4 Å². The molecule has 0 fully saturated rings. The molecular formula is C22H29N3O2. The third-order valence-electron chi connectivity index (χ3n) is 4.78. The second-order valence-electron chi connectivity index (χ2n) is 7.21. The van der Waals surface area contributed by atoms with Crippen molar-refractivity contribution in [2.75, 3.05) is 13.1 Å². The minimum absolute atomic E-state index is 0.0203. The molecule has 1 amide bonds. The zero-order chi connectivity index (χ0) is 19.1. The molecule has 0 bridgehead atoms. The van der Waals surface area contributed by atoms with Gasteiger partial charge in [0.05, 0.1) is 18.8 Å². The van der Waals surface area contributed by atoms with Gasteiger partial charge in [0.1, 0.15) is 11.9 Å². The average Bonchev–Trinajstić information content (AvgIpc) is 2.83. The van der Waals surface area contributed by atoms with Crippen LogP contribution in [0.1, 0.15) is 43.1 Å². The molecule has 144 valence electrons. The normalized spacial score (nSPS) is 16.9. The van der Waals surface area contributed by atoms with Crippen molar-refractivity contribution in [1.29, 1.82) is 0 Å². The number of nitrogens with zero attached hydrogens (tertiary/aromatic N) is 2. The standard InChI is InChI=1S/C22H29N3O2/c1-3-4-11-20-15-25(14-18-9-5-6-12-21(18)27-20)16-22(26)23-13-19-10-7-8-17(2)24-19/h5-10,12,20H,3-4,11,13-16H2,1-2H3,(H,23,26). The van der Waals surface area contributed by atoms with Crippen LogP contribution in [-0.4, -0.2) is 35.0 Å². The zero-order valence-corrected chi connectivity index (χ0v) is 16.3. The summed E-state index contributed by atoms with van der Waals surface area (Å²) in [6, 6.07) is 14.0. The minimum Gasteiger partial charge on any atom is -0.489 e. The second-order valence-corrected chi connectivity index (χ2v) is 7.21. The molecule has 1 aliphatic heterocycles.